The molecule has 0 saturated carbocycles. The van der Waals surface area contributed by atoms with Gasteiger partial charge in [0.25, 0.3) is 11.8 Å². The zero-order valence-corrected chi connectivity index (χ0v) is 19.7. The van der Waals surface area contributed by atoms with E-state index in [1.807, 2.05) is 37.3 Å². The first-order chi connectivity index (χ1) is 16.2. The quantitative estimate of drug-likeness (QED) is 0.278. The molecule has 0 aromatic heterocycles. The normalized spacial score (nSPS) is 13.6. The lowest BCUT2D eigenvalue weighted by molar-refractivity contribution is -0.120. The Morgan fingerprint density at radius 2 is 1.62 bits per heavy atom. The number of aryl methyl sites for hydroxylation is 1. The third-order valence-corrected chi connectivity index (χ3v) is 5.80. The van der Waals surface area contributed by atoms with Gasteiger partial charge in [-0.1, -0.05) is 55.3 Å². The molecule has 0 radical (unpaired) electrons. The van der Waals surface area contributed by atoms with E-state index in [1.165, 1.54) is 0 Å². The molecule has 7 heteroatoms. The molecule has 1 heterocycles. The first-order valence-corrected chi connectivity index (χ1v) is 11.2. The standard InChI is InChI=1S/C27H23ClN2O4/c1-16(2)19-5-4-6-22(15-19)34-27(33)18-9-11-20(12-10-18)29-24-23(28)25(31)30(26(24)32)21-13-7-17(3)8-14-21/h4-16,29H,1-3H3. The minimum absolute atomic E-state index is 0.0203. The smallest absolute Gasteiger partial charge is 0.343 e. The average molecular weight is 475 g/mol. The van der Waals surface area contributed by atoms with Gasteiger partial charge in [-0.3, -0.25) is 9.59 Å². The SMILES string of the molecule is Cc1ccc(N2C(=O)C(Cl)=C(Nc3ccc(C(=O)Oc4cccc(C(C)C)c4)cc3)C2=O)cc1. The molecule has 1 aliphatic heterocycles. The Morgan fingerprint density at radius 1 is 0.941 bits per heavy atom. The van der Waals surface area contributed by atoms with Crippen molar-refractivity contribution in [1.29, 1.82) is 0 Å². The first kappa shape index (κ1) is 23.3. The van der Waals surface area contributed by atoms with E-state index in [1.54, 1.807) is 42.5 Å². The Bertz CT molecular complexity index is 1290. The lowest BCUT2D eigenvalue weighted by Crippen LogP contribution is -2.32. The van der Waals surface area contributed by atoms with Crippen molar-refractivity contribution in [1.82, 2.24) is 0 Å². The van der Waals surface area contributed by atoms with Crippen LogP contribution in [0.2, 0.25) is 0 Å². The van der Waals surface area contributed by atoms with E-state index in [4.69, 9.17) is 16.3 Å². The zero-order valence-electron chi connectivity index (χ0n) is 19.0. The number of hydrogen-bond donors (Lipinski definition) is 1. The molecule has 1 aliphatic rings. The molecule has 3 aromatic rings. The number of esters is 1. The van der Waals surface area contributed by atoms with E-state index in [-0.39, 0.29) is 10.7 Å². The molecule has 0 spiro atoms. The van der Waals surface area contributed by atoms with Crippen LogP contribution in [0.4, 0.5) is 11.4 Å². The number of hydrogen-bond acceptors (Lipinski definition) is 5. The number of amides is 2. The molecule has 3 aromatic carbocycles. The van der Waals surface area contributed by atoms with Gasteiger partial charge in [0.15, 0.2) is 0 Å². The topological polar surface area (TPSA) is 75.7 Å². The molecule has 0 aliphatic carbocycles. The lowest BCUT2D eigenvalue weighted by atomic mass is 10.0. The second-order valence-electron chi connectivity index (χ2n) is 8.29. The molecule has 172 valence electrons. The van der Waals surface area contributed by atoms with Gasteiger partial charge in [-0.15, -0.1) is 0 Å². The molecule has 0 atom stereocenters. The van der Waals surface area contributed by atoms with Crippen molar-refractivity contribution >= 4 is 40.8 Å². The summed E-state index contributed by atoms with van der Waals surface area (Å²) < 4.78 is 5.49. The number of halogens is 1. The highest BCUT2D eigenvalue weighted by molar-refractivity contribution is 6.53. The summed E-state index contributed by atoms with van der Waals surface area (Å²) in [6, 6.07) is 20.8. The number of rotatable bonds is 6. The maximum absolute atomic E-state index is 12.9. The summed E-state index contributed by atoms with van der Waals surface area (Å²) in [6.07, 6.45) is 0. The molecular weight excluding hydrogens is 452 g/mol. The summed E-state index contributed by atoms with van der Waals surface area (Å²) >= 11 is 6.19. The maximum atomic E-state index is 12.9. The van der Waals surface area contributed by atoms with Crippen molar-refractivity contribution in [3.8, 4) is 5.75 Å². The number of nitrogens with zero attached hydrogens (tertiary/aromatic N) is 1. The van der Waals surface area contributed by atoms with E-state index in [0.29, 0.717) is 28.6 Å². The first-order valence-electron chi connectivity index (χ1n) is 10.8. The Balaban J connectivity index is 1.46. The molecular formula is C27H23ClN2O4. The molecule has 2 amide bonds. The highest BCUT2D eigenvalue weighted by Crippen LogP contribution is 2.30. The van der Waals surface area contributed by atoms with Crippen LogP contribution in [-0.2, 0) is 9.59 Å². The third kappa shape index (κ3) is 4.72. The molecule has 0 fully saturated rings. The summed E-state index contributed by atoms with van der Waals surface area (Å²) in [7, 11) is 0. The number of carbonyl (C=O) groups is 3. The Hall–Kier alpha value is -3.90. The Kier molecular flexibility index (Phi) is 6.52. The fourth-order valence-electron chi connectivity index (χ4n) is 3.48. The highest BCUT2D eigenvalue weighted by Gasteiger charge is 2.38. The lowest BCUT2D eigenvalue weighted by Gasteiger charge is -2.15. The zero-order chi connectivity index (χ0) is 24.4. The van der Waals surface area contributed by atoms with Crippen LogP contribution in [0.3, 0.4) is 0 Å². The Labute approximate surface area is 202 Å². The van der Waals surface area contributed by atoms with E-state index in [9.17, 15) is 14.4 Å². The fraction of sp³-hybridized carbons (Fsp3) is 0.148. The van der Waals surface area contributed by atoms with E-state index >= 15 is 0 Å². The summed E-state index contributed by atoms with van der Waals surface area (Å²) in [4.78, 5) is 39.1. The third-order valence-electron chi connectivity index (χ3n) is 5.44. The summed E-state index contributed by atoms with van der Waals surface area (Å²) in [5, 5.41) is 2.71. The van der Waals surface area contributed by atoms with Gasteiger partial charge >= 0.3 is 5.97 Å². The number of nitrogens with one attached hydrogen (secondary N) is 1. The van der Waals surface area contributed by atoms with Crippen LogP contribution in [0.1, 0.15) is 41.3 Å². The van der Waals surface area contributed by atoms with Crippen molar-refractivity contribution in [2.75, 3.05) is 10.2 Å². The average Bonchev–Trinajstić information content (AvgIpc) is 3.03. The van der Waals surface area contributed by atoms with Crippen molar-refractivity contribution in [3.63, 3.8) is 0 Å². The van der Waals surface area contributed by atoms with Crippen molar-refractivity contribution < 1.29 is 19.1 Å². The number of carbonyl (C=O) groups excluding carboxylic acids is 3. The minimum Gasteiger partial charge on any atom is -0.423 e. The van der Waals surface area contributed by atoms with Gasteiger partial charge in [-0.05, 0) is 66.9 Å². The second-order valence-corrected chi connectivity index (χ2v) is 8.67. The fourth-order valence-corrected chi connectivity index (χ4v) is 3.69. The van der Waals surface area contributed by atoms with E-state index in [0.717, 1.165) is 16.0 Å². The van der Waals surface area contributed by atoms with Crippen molar-refractivity contribution in [3.05, 3.63) is 100 Å². The van der Waals surface area contributed by atoms with Crippen LogP contribution < -0.4 is 15.0 Å². The minimum atomic E-state index is -0.596. The predicted molar refractivity (Wildman–Crippen MR) is 132 cm³/mol. The number of imide groups is 1. The number of ether oxygens (including phenoxy) is 1. The van der Waals surface area contributed by atoms with E-state index < -0.39 is 17.8 Å². The molecule has 34 heavy (non-hydrogen) atoms. The summed E-state index contributed by atoms with van der Waals surface area (Å²) in [5.74, 6) is -0.851. The molecule has 0 unspecified atom stereocenters. The van der Waals surface area contributed by atoms with E-state index in [2.05, 4.69) is 19.2 Å². The van der Waals surface area contributed by atoms with Crippen LogP contribution in [0, 0.1) is 6.92 Å². The monoisotopic (exact) mass is 474 g/mol. The molecule has 4 rings (SSSR count). The van der Waals surface area contributed by atoms with Crippen molar-refractivity contribution in [2.24, 2.45) is 0 Å². The molecule has 0 saturated heterocycles. The maximum Gasteiger partial charge on any atom is 0.343 e. The van der Waals surface area contributed by atoms with Gasteiger partial charge in [0.1, 0.15) is 16.5 Å². The van der Waals surface area contributed by atoms with Gasteiger partial charge in [-0.25, -0.2) is 9.69 Å². The van der Waals surface area contributed by atoms with Crippen LogP contribution in [0.15, 0.2) is 83.5 Å². The van der Waals surface area contributed by atoms with Crippen LogP contribution in [0.5, 0.6) is 5.75 Å². The molecule has 1 N–H and O–H groups in total. The van der Waals surface area contributed by atoms with Gasteiger partial charge < -0.3 is 10.1 Å². The summed E-state index contributed by atoms with van der Waals surface area (Å²) in [5.41, 5.74) is 3.34. The summed E-state index contributed by atoms with van der Waals surface area (Å²) in [6.45, 7) is 6.05. The van der Waals surface area contributed by atoms with Gasteiger partial charge in [-0.2, -0.15) is 0 Å². The van der Waals surface area contributed by atoms with Crippen LogP contribution >= 0.6 is 11.6 Å². The predicted octanol–water partition coefficient (Wildman–Crippen LogP) is 5.77. The second kappa shape index (κ2) is 9.53. The van der Waals surface area contributed by atoms with Crippen molar-refractivity contribution in [2.45, 2.75) is 26.7 Å². The van der Waals surface area contributed by atoms with Gasteiger partial charge in [0.2, 0.25) is 0 Å². The van der Waals surface area contributed by atoms with Gasteiger partial charge in [0.05, 0.1) is 11.3 Å². The van der Waals surface area contributed by atoms with Crippen LogP contribution in [0.25, 0.3) is 0 Å². The van der Waals surface area contributed by atoms with Crippen LogP contribution in [-0.4, -0.2) is 17.8 Å². The highest BCUT2D eigenvalue weighted by atomic mass is 35.5. The molecule has 0 bridgehead atoms. The molecule has 6 nitrogen and oxygen atoms in total. The Morgan fingerprint density at radius 3 is 2.26 bits per heavy atom. The number of anilines is 2. The number of benzene rings is 3. The van der Waals surface area contributed by atoms with Gasteiger partial charge in [0, 0.05) is 5.69 Å². The largest absolute Gasteiger partial charge is 0.423 e.